The van der Waals surface area contributed by atoms with Crippen LogP contribution in [0.5, 0.6) is 0 Å². The Morgan fingerprint density at radius 3 is 2.34 bits per heavy atom. The standard InChI is InChI=1S/C23H18BrNO4/c1-14-2-3-16(21-9-8-18(13-26)28-21)12-19(14)25-23(27)22-11-10-20(29-22)15-4-6-17(24)7-5-15/h2-12,26H,13H2,1H3,(H,25,27). The molecule has 5 nitrogen and oxygen atoms in total. The third-order valence-corrected chi connectivity index (χ3v) is 5.07. The highest BCUT2D eigenvalue weighted by molar-refractivity contribution is 9.10. The van der Waals surface area contributed by atoms with Crippen molar-refractivity contribution in [3.05, 3.63) is 88.3 Å². The van der Waals surface area contributed by atoms with E-state index >= 15 is 0 Å². The van der Waals surface area contributed by atoms with Gasteiger partial charge in [0.1, 0.15) is 23.9 Å². The third-order valence-electron chi connectivity index (χ3n) is 4.55. The van der Waals surface area contributed by atoms with E-state index in [0.29, 0.717) is 23.0 Å². The molecule has 0 saturated carbocycles. The normalized spacial score (nSPS) is 10.9. The van der Waals surface area contributed by atoms with E-state index in [2.05, 4.69) is 21.2 Å². The summed E-state index contributed by atoms with van der Waals surface area (Å²) in [5.74, 6) is 1.64. The van der Waals surface area contributed by atoms with E-state index in [9.17, 15) is 9.90 Å². The van der Waals surface area contributed by atoms with E-state index in [4.69, 9.17) is 8.83 Å². The van der Waals surface area contributed by atoms with Gasteiger partial charge in [-0.05, 0) is 55.0 Å². The minimum atomic E-state index is -0.330. The van der Waals surface area contributed by atoms with Gasteiger partial charge in [-0.25, -0.2) is 0 Å². The lowest BCUT2D eigenvalue weighted by Gasteiger charge is -2.09. The largest absolute Gasteiger partial charge is 0.459 e. The number of carbonyl (C=O) groups is 1. The summed E-state index contributed by atoms with van der Waals surface area (Å²) >= 11 is 3.40. The Hall–Kier alpha value is -3.09. The average Bonchev–Trinajstić information content (AvgIpc) is 3.40. The van der Waals surface area contributed by atoms with Crippen molar-refractivity contribution in [2.75, 3.05) is 5.32 Å². The van der Waals surface area contributed by atoms with E-state index in [0.717, 1.165) is 21.2 Å². The van der Waals surface area contributed by atoms with Crippen molar-refractivity contribution in [1.29, 1.82) is 0 Å². The number of aryl methyl sites for hydroxylation is 1. The van der Waals surface area contributed by atoms with E-state index in [-0.39, 0.29) is 18.3 Å². The Balaban J connectivity index is 1.55. The molecule has 0 saturated heterocycles. The molecule has 2 aromatic heterocycles. The van der Waals surface area contributed by atoms with Gasteiger partial charge in [-0.3, -0.25) is 4.79 Å². The molecule has 0 bridgehead atoms. The van der Waals surface area contributed by atoms with Gasteiger partial charge >= 0.3 is 0 Å². The first-order valence-electron chi connectivity index (χ1n) is 9.01. The smallest absolute Gasteiger partial charge is 0.291 e. The molecular weight excluding hydrogens is 434 g/mol. The molecule has 2 aromatic carbocycles. The number of rotatable bonds is 5. The first-order valence-corrected chi connectivity index (χ1v) is 9.80. The summed E-state index contributed by atoms with van der Waals surface area (Å²) in [6.45, 7) is 1.75. The fourth-order valence-electron chi connectivity index (χ4n) is 2.94. The van der Waals surface area contributed by atoms with Gasteiger partial charge in [-0.1, -0.05) is 40.2 Å². The molecule has 0 unspecified atom stereocenters. The van der Waals surface area contributed by atoms with Crippen LogP contribution in [0, 0.1) is 6.92 Å². The van der Waals surface area contributed by atoms with Crippen molar-refractivity contribution in [2.24, 2.45) is 0 Å². The SMILES string of the molecule is Cc1ccc(-c2ccc(CO)o2)cc1NC(=O)c1ccc(-c2ccc(Br)cc2)o1. The summed E-state index contributed by atoms with van der Waals surface area (Å²) in [6.07, 6.45) is 0. The molecule has 2 heterocycles. The molecule has 4 aromatic rings. The number of amides is 1. The second kappa shape index (κ2) is 8.11. The van der Waals surface area contributed by atoms with Crippen molar-refractivity contribution >= 4 is 27.5 Å². The van der Waals surface area contributed by atoms with Gasteiger partial charge in [0.25, 0.3) is 5.91 Å². The average molecular weight is 452 g/mol. The summed E-state index contributed by atoms with van der Waals surface area (Å²) in [5, 5.41) is 12.1. The molecule has 29 heavy (non-hydrogen) atoms. The highest BCUT2D eigenvalue weighted by Crippen LogP contribution is 2.28. The number of hydrogen-bond donors (Lipinski definition) is 2. The third kappa shape index (κ3) is 4.18. The number of carbonyl (C=O) groups excluding carboxylic acids is 1. The quantitative estimate of drug-likeness (QED) is 0.388. The van der Waals surface area contributed by atoms with Crippen molar-refractivity contribution in [1.82, 2.24) is 0 Å². The van der Waals surface area contributed by atoms with Crippen LogP contribution in [0.15, 0.2) is 80.0 Å². The Morgan fingerprint density at radius 2 is 1.62 bits per heavy atom. The number of anilines is 1. The van der Waals surface area contributed by atoms with Crippen LogP contribution < -0.4 is 5.32 Å². The number of aliphatic hydroxyl groups is 1. The van der Waals surface area contributed by atoms with Gasteiger partial charge < -0.3 is 19.3 Å². The molecular formula is C23H18BrNO4. The highest BCUT2D eigenvalue weighted by atomic mass is 79.9. The Bertz CT molecular complexity index is 1160. The molecule has 2 N–H and O–H groups in total. The monoisotopic (exact) mass is 451 g/mol. The lowest BCUT2D eigenvalue weighted by molar-refractivity contribution is 0.0997. The van der Waals surface area contributed by atoms with Crippen LogP contribution in [0.2, 0.25) is 0 Å². The first kappa shape index (κ1) is 19.2. The van der Waals surface area contributed by atoms with Gasteiger partial charge in [-0.2, -0.15) is 0 Å². The van der Waals surface area contributed by atoms with Crippen LogP contribution >= 0.6 is 15.9 Å². The summed E-state index contributed by atoms with van der Waals surface area (Å²) in [6, 6.07) is 20.3. The van der Waals surface area contributed by atoms with Crippen LogP contribution in [-0.2, 0) is 6.61 Å². The molecule has 1 amide bonds. The van der Waals surface area contributed by atoms with E-state index in [1.165, 1.54) is 0 Å². The molecule has 0 radical (unpaired) electrons. The number of aliphatic hydroxyl groups excluding tert-OH is 1. The topological polar surface area (TPSA) is 75.6 Å². The summed E-state index contributed by atoms with van der Waals surface area (Å²) in [4.78, 5) is 12.7. The Kier molecular flexibility index (Phi) is 5.38. The molecule has 0 fully saturated rings. The zero-order valence-corrected chi connectivity index (χ0v) is 17.2. The van der Waals surface area contributed by atoms with Crippen LogP contribution in [-0.4, -0.2) is 11.0 Å². The maximum atomic E-state index is 12.7. The minimum Gasteiger partial charge on any atom is -0.459 e. The van der Waals surface area contributed by atoms with Crippen LogP contribution in [0.3, 0.4) is 0 Å². The summed E-state index contributed by atoms with van der Waals surface area (Å²) in [7, 11) is 0. The molecule has 0 spiro atoms. The zero-order valence-electron chi connectivity index (χ0n) is 15.6. The van der Waals surface area contributed by atoms with Gasteiger partial charge in [0.15, 0.2) is 5.76 Å². The fraction of sp³-hybridized carbons (Fsp3) is 0.0870. The highest BCUT2D eigenvalue weighted by Gasteiger charge is 2.15. The minimum absolute atomic E-state index is 0.158. The number of nitrogens with one attached hydrogen (secondary N) is 1. The van der Waals surface area contributed by atoms with Crippen LogP contribution in [0.1, 0.15) is 21.9 Å². The van der Waals surface area contributed by atoms with E-state index < -0.39 is 0 Å². The van der Waals surface area contributed by atoms with Crippen molar-refractivity contribution < 1.29 is 18.7 Å². The summed E-state index contributed by atoms with van der Waals surface area (Å²) in [5.41, 5.74) is 3.27. The van der Waals surface area contributed by atoms with Gasteiger partial charge in [0.2, 0.25) is 0 Å². The molecule has 6 heteroatoms. The van der Waals surface area contributed by atoms with Crippen LogP contribution in [0.25, 0.3) is 22.6 Å². The molecule has 146 valence electrons. The second-order valence-electron chi connectivity index (χ2n) is 6.58. The van der Waals surface area contributed by atoms with Crippen molar-refractivity contribution in [3.8, 4) is 22.6 Å². The van der Waals surface area contributed by atoms with Crippen molar-refractivity contribution in [2.45, 2.75) is 13.5 Å². The lowest BCUT2D eigenvalue weighted by Crippen LogP contribution is -2.11. The fourth-order valence-corrected chi connectivity index (χ4v) is 3.21. The molecule has 0 aliphatic carbocycles. The van der Waals surface area contributed by atoms with Gasteiger partial charge in [-0.15, -0.1) is 0 Å². The van der Waals surface area contributed by atoms with E-state index in [1.54, 1.807) is 24.3 Å². The predicted molar refractivity (Wildman–Crippen MR) is 115 cm³/mol. The molecule has 0 aliphatic heterocycles. The van der Waals surface area contributed by atoms with Crippen molar-refractivity contribution in [3.63, 3.8) is 0 Å². The number of furan rings is 2. The summed E-state index contributed by atoms with van der Waals surface area (Å²) < 4.78 is 12.3. The Labute approximate surface area is 176 Å². The van der Waals surface area contributed by atoms with E-state index in [1.807, 2.05) is 49.4 Å². The first-order chi connectivity index (χ1) is 14.0. The molecule has 4 rings (SSSR count). The maximum absolute atomic E-state index is 12.7. The molecule has 0 atom stereocenters. The lowest BCUT2D eigenvalue weighted by atomic mass is 10.1. The number of halogens is 1. The van der Waals surface area contributed by atoms with Gasteiger partial charge in [0.05, 0.1) is 0 Å². The molecule has 0 aliphatic rings. The maximum Gasteiger partial charge on any atom is 0.291 e. The number of hydrogen-bond acceptors (Lipinski definition) is 4. The zero-order chi connectivity index (χ0) is 20.4. The second-order valence-corrected chi connectivity index (χ2v) is 7.49. The van der Waals surface area contributed by atoms with Crippen LogP contribution in [0.4, 0.5) is 5.69 Å². The predicted octanol–water partition coefficient (Wildman–Crippen LogP) is 6.02. The Morgan fingerprint density at radius 1 is 0.931 bits per heavy atom. The number of benzene rings is 2. The van der Waals surface area contributed by atoms with Gasteiger partial charge in [0, 0.05) is 21.3 Å².